The quantitative estimate of drug-likeness (QED) is 0.112. The Labute approximate surface area is 242 Å². The van der Waals surface area contributed by atoms with Crippen LogP contribution in [0.4, 0.5) is 11.5 Å². The van der Waals surface area contributed by atoms with Crippen molar-refractivity contribution in [3.05, 3.63) is 46.1 Å². The van der Waals surface area contributed by atoms with Crippen LogP contribution in [-0.2, 0) is 15.8 Å². The Bertz CT molecular complexity index is 1210. The lowest BCUT2D eigenvalue weighted by Gasteiger charge is -2.47. The third-order valence-electron chi connectivity index (χ3n) is 7.46. The van der Waals surface area contributed by atoms with Gasteiger partial charge in [0.2, 0.25) is 5.82 Å². The Morgan fingerprint density at radius 2 is 2.00 bits per heavy atom. The Hall–Kier alpha value is -2.19. The summed E-state index contributed by atoms with van der Waals surface area (Å²) in [6.07, 6.45) is 5.13. The summed E-state index contributed by atoms with van der Waals surface area (Å²) in [5.74, 6) is 1.40. The van der Waals surface area contributed by atoms with Crippen molar-refractivity contribution < 1.29 is 9.22 Å². The monoisotopic (exact) mass is 593 g/mol. The topological polar surface area (TPSA) is 108 Å². The maximum Gasteiger partial charge on any atom is 0.205 e. The zero-order chi connectivity index (χ0) is 27.2. The van der Waals surface area contributed by atoms with Gasteiger partial charge in [-0.05, 0) is 61.3 Å². The third-order valence-corrected chi connectivity index (χ3v) is 8.50. The van der Waals surface area contributed by atoms with E-state index in [1.165, 1.54) is 7.11 Å². The molecule has 14 heteroatoms. The van der Waals surface area contributed by atoms with Crippen LogP contribution in [-0.4, -0.2) is 87.3 Å². The molecule has 0 amide bonds. The van der Waals surface area contributed by atoms with Crippen LogP contribution in [0.15, 0.2) is 30.5 Å². The minimum Gasteiger partial charge on any atom is -0.353 e. The van der Waals surface area contributed by atoms with Crippen LogP contribution >= 0.6 is 35.4 Å². The molecule has 4 heterocycles. The summed E-state index contributed by atoms with van der Waals surface area (Å²) in [5, 5.41) is 15.9. The summed E-state index contributed by atoms with van der Waals surface area (Å²) in [4.78, 5) is 16.7. The van der Waals surface area contributed by atoms with Crippen LogP contribution in [0, 0.1) is 0 Å². The van der Waals surface area contributed by atoms with E-state index in [2.05, 4.69) is 62.9 Å². The van der Waals surface area contributed by atoms with Crippen LogP contribution in [0.1, 0.15) is 31.7 Å². The zero-order valence-electron chi connectivity index (χ0n) is 22.0. The number of tetrazole rings is 1. The molecule has 0 saturated carbocycles. The van der Waals surface area contributed by atoms with E-state index in [9.17, 15) is 0 Å². The highest BCUT2D eigenvalue weighted by Crippen LogP contribution is 2.32. The van der Waals surface area contributed by atoms with Crippen molar-refractivity contribution in [3.8, 4) is 11.4 Å². The van der Waals surface area contributed by atoms with E-state index in [1.807, 2.05) is 18.2 Å². The summed E-state index contributed by atoms with van der Waals surface area (Å²) in [5.41, 5.74) is 2.85. The molecule has 0 unspecified atom stereocenters. The molecule has 2 aliphatic rings. The average Bonchev–Trinajstić information content (AvgIpc) is 3.49. The molecule has 0 spiro atoms. The van der Waals surface area contributed by atoms with Crippen molar-refractivity contribution in [1.82, 2.24) is 35.4 Å². The van der Waals surface area contributed by atoms with E-state index in [4.69, 9.17) is 27.5 Å². The molecule has 1 aromatic carbocycles. The van der Waals surface area contributed by atoms with Crippen molar-refractivity contribution in [3.63, 3.8) is 0 Å². The molecule has 2 saturated heterocycles. The molecule has 210 valence electrons. The number of aromatic nitrogens is 5. The van der Waals surface area contributed by atoms with Crippen molar-refractivity contribution in [2.75, 3.05) is 49.5 Å². The number of benzene rings is 1. The number of aromatic amines is 1. The van der Waals surface area contributed by atoms with E-state index in [-0.39, 0.29) is 0 Å². The lowest BCUT2D eigenvalue weighted by Crippen LogP contribution is -2.58. The van der Waals surface area contributed by atoms with Crippen molar-refractivity contribution in [1.29, 1.82) is 0 Å². The second-order valence-corrected chi connectivity index (χ2v) is 11.1. The fourth-order valence-electron chi connectivity index (χ4n) is 5.54. The molecule has 0 radical (unpaired) electrons. The number of piperidine rings is 1. The second kappa shape index (κ2) is 13.4. The lowest BCUT2D eigenvalue weighted by molar-refractivity contribution is -0.159. The first-order chi connectivity index (χ1) is 19.1. The van der Waals surface area contributed by atoms with Crippen LogP contribution < -0.4 is 9.62 Å². The van der Waals surface area contributed by atoms with E-state index in [0.717, 1.165) is 93.4 Å². The maximum absolute atomic E-state index is 6.62. The highest BCUT2D eigenvalue weighted by Gasteiger charge is 2.34. The van der Waals surface area contributed by atoms with Crippen molar-refractivity contribution in [2.45, 2.75) is 44.8 Å². The fourth-order valence-corrected chi connectivity index (χ4v) is 6.31. The summed E-state index contributed by atoms with van der Waals surface area (Å²) >= 11 is 13.9. The molecule has 5 rings (SSSR count). The molecule has 2 aliphatic heterocycles. The third kappa shape index (κ3) is 6.94. The van der Waals surface area contributed by atoms with Gasteiger partial charge in [-0.25, -0.2) is 9.87 Å². The first-order valence-electron chi connectivity index (χ1n) is 13.1. The largest absolute Gasteiger partial charge is 0.353 e. The first kappa shape index (κ1) is 28.3. The molecule has 1 atom stereocenters. The van der Waals surface area contributed by atoms with Crippen molar-refractivity contribution >= 4 is 46.9 Å². The standard InChI is InChI=1S/C25H33Cl2N9O2S/c1-3-20-16-35(25-23(27)13-19(14-28-25)31-39-38-37-2)10-11-36(20)21-6-8-34(9-7-21)15-17-4-5-18(26)12-22(17)24-29-32-33-30-24/h4-5,12-14,20-21,31H,3,6-11,15-16H2,1-2H3,(H,29,30,32,33)/t20-/m0/s1. The molecule has 0 bridgehead atoms. The maximum atomic E-state index is 6.62. The molecular weight excluding hydrogens is 561 g/mol. The fraction of sp³-hybridized carbons (Fsp3) is 0.520. The predicted octanol–water partition coefficient (Wildman–Crippen LogP) is 4.69. The lowest BCUT2D eigenvalue weighted by atomic mass is 9.97. The van der Waals surface area contributed by atoms with Gasteiger partial charge in [0.25, 0.3) is 0 Å². The molecule has 2 N–H and O–H groups in total. The van der Waals surface area contributed by atoms with Gasteiger partial charge in [-0.2, -0.15) is 5.21 Å². The Kier molecular flexibility index (Phi) is 9.77. The number of nitrogens with one attached hydrogen (secondary N) is 2. The van der Waals surface area contributed by atoms with E-state index in [0.29, 0.717) is 28.0 Å². The Balaban J connectivity index is 1.17. The van der Waals surface area contributed by atoms with Crippen LogP contribution in [0.2, 0.25) is 10.0 Å². The highest BCUT2D eigenvalue weighted by molar-refractivity contribution is 7.95. The van der Waals surface area contributed by atoms with Gasteiger partial charge in [-0.3, -0.25) is 9.80 Å². The van der Waals surface area contributed by atoms with E-state index >= 15 is 0 Å². The second-order valence-electron chi connectivity index (χ2n) is 9.74. The number of H-pyrrole nitrogens is 1. The average molecular weight is 595 g/mol. The number of halogens is 2. The summed E-state index contributed by atoms with van der Waals surface area (Å²) < 4.78 is 7.78. The smallest absolute Gasteiger partial charge is 0.205 e. The SMILES string of the molecule is CC[C@H]1CN(c2ncc(NSOOC)cc2Cl)CCN1C1CCN(Cc2ccc(Cl)cc2-c2nn[nH]n2)CC1. The van der Waals surface area contributed by atoms with Crippen LogP contribution in [0.25, 0.3) is 11.4 Å². The molecule has 11 nitrogen and oxygen atoms in total. The zero-order valence-corrected chi connectivity index (χ0v) is 24.3. The van der Waals surface area contributed by atoms with E-state index in [1.54, 1.807) is 6.20 Å². The Morgan fingerprint density at radius 1 is 1.15 bits per heavy atom. The number of nitrogens with zero attached hydrogens (tertiary/aromatic N) is 7. The normalized spacial score (nSPS) is 19.5. The van der Waals surface area contributed by atoms with E-state index < -0.39 is 0 Å². The predicted molar refractivity (Wildman–Crippen MR) is 154 cm³/mol. The number of hydrogen-bond donors (Lipinski definition) is 2. The van der Waals surface area contributed by atoms with Gasteiger partial charge in [0, 0.05) is 48.8 Å². The van der Waals surface area contributed by atoms with Gasteiger partial charge in [0.1, 0.15) is 18.0 Å². The molecule has 39 heavy (non-hydrogen) atoms. The van der Waals surface area contributed by atoms with Crippen LogP contribution in [0.3, 0.4) is 0 Å². The minimum atomic E-state index is 0.456. The number of piperazine rings is 1. The molecule has 3 aromatic rings. The number of hydrogen-bond acceptors (Lipinski definition) is 11. The highest BCUT2D eigenvalue weighted by atomic mass is 35.5. The number of rotatable bonds is 10. The van der Waals surface area contributed by atoms with Gasteiger partial charge < -0.3 is 9.62 Å². The molecule has 0 aliphatic carbocycles. The molecule has 2 fully saturated rings. The number of pyridine rings is 1. The van der Waals surface area contributed by atoms with Gasteiger partial charge in [-0.1, -0.05) is 36.2 Å². The van der Waals surface area contributed by atoms with Gasteiger partial charge >= 0.3 is 0 Å². The summed E-state index contributed by atoms with van der Waals surface area (Å²) in [7, 11) is 1.45. The Morgan fingerprint density at radius 3 is 2.72 bits per heavy atom. The summed E-state index contributed by atoms with van der Waals surface area (Å²) in [6.45, 7) is 8.00. The molecular formula is C25H33Cl2N9O2S. The first-order valence-corrected chi connectivity index (χ1v) is 14.6. The van der Waals surface area contributed by atoms with Gasteiger partial charge in [-0.15, -0.1) is 14.5 Å². The summed E-state index contributed by atoms with van der Waals surface area (Å²) in [6, 6.07) is 8.81. The van der Waals surface area contributed by atoms with Gasteiger partial charge in [0.05, 0.1) is 24.0 Å². The van der Waals surface area contributed by atoms with Crippen LogP contribution in [0.5, 0.6) is 0 Å². The van der Waals surface area contributed by atoms with Gasteiger partial charge in [0.15, 0.2) is 0 Å². The number of anilines is 2. The molecule has 2 aromatic heterocycles. The van der Waals surface area contributed by atoms with Crippen molar-refractivity contribution in [2.24, 2.45) is 0 Å². The minimum absolute atomic E-state index is 0.456. The number of likely N-dealkylation sites (tertiary alicyclic amines) is 1.